The molecule has 2 atom stereocenters. The highest BCUT2D eigenvalue weighted by Gasteiger charge is 2.42. The summed E-state index contributed by atoms with van der Waals surface area (Å²) in [6.45, 7) is 3.61. The van der Waals surface area contributed by atoms with Crippen LogP contribution in [0, 0.1) is 5.82 Å². The zero-order chi connectivity index (χ0) is 35.9. The maximum absolute atomic E-state index is 14.5. The summed E-state index contributed by atoms with van der Waals surface area (Å²) < 4.78 is 148. The molecule has 17 heteroatoms. The number of hydrogen-bond acceptors (Lipinski definition) is 5. The van der Waals surface area contributed by atoms with Gasteiger partial charge in [0.1, 0.15) is 5.82 Å². The predicted octanol–water partition coefficient (Wildman–Crippen LogP) is 8.81. The van der Waals surface area contributed by atoms with Crippen molar-refractivity contribution in [1.82, 2.24) is 9.88 Å². The Balaban J connectivity index is 1.96. The van der Waals surface area contributed by atoms with Crippen molar-refractivity contribution in [3.63, 3.8) is 0 Å². The molecule has 1 aromatic heterocycles. The normalized spacial score (nSPS) is 16.9. The van der Waals surface area contributed by atoms with Crippen molar-refractivity contribution in [2.75, 3.05) is 12.0 Å². The van der Waals surface area contributed by atoms with Crippen molar-refractivity contribution in [2.24, 2.45) is 0 Å². The van der Waals surface area contributed by atoms with Crippen LogP contribution >= 0.6 is 0 Å². The van der Waals surface area contributed by atoms with Crippen LogP contribution in [0.4, 0.5) is 54.4 Å². The molecular formula is C31H27F10N3O4. The van der Waals surface area contributed by atoms with E-state index in [-0.39, 0.29) is 35.8 Å². The van der Waals surface area contributed by atoms with Crippen LogP contribution in [0.2, 0.25) is 0 Å². The Morgan fingerprint density at radius 1 is 0.896 bits per heavy atom. The first kappa shape index (κ1) is 36.3. The lowest BCUT2D eigenvalue weighted by molar-refractivity contribution is -0.143. The van der Waals surface area contributed by atoms with Crippen molar-refractivity contribution in [3.8, 4) is 5.88 Å². The fourth-order valence-corrected chi connectivity index (χ4v) is 5.27. The Kier molecular flexibility index (Phi) is 9.93. The molecule has 48 heavy (non-hydrogen) atoms. The Labute approximate surface area is 267 Å². The minimum atomic E-state index is -5.26. The van der Waals surface area contributed by atoms with E-state index in [1.54, 1.807) is 13.8 Å². The van der Waals surface area contributed by atoms with Crippen LogP contribution in [0.1, 0.15) is 71.5 Å². The number of amides is 2. The van der Waals surface area contributed by atoms with Crippen LogP contribution in [-0.2, 0) is 29.8 Å². The van der Waals surface area contributed by atoms with E-state index >= 15 is 0 Å². The van der Waals surface area contributed by atoms with Gasteiger partial charge in [0, 0.05) is 24.2 Å². The second kappa shape index (κ2) is 13.1. The number of aromatic nitrogens is 1. The molecule has 260 valence electrons. The van der Waals surface area contributed by atoms with E-state index in [2.05, 4.69) is 4.98 Å². The first-order valence-corrected chi connectivity index (χ1v) is 14.1. The van der Waals surface area contributed by atoms with Gasteiger partial charge in [-0.3, -0.25) is 9.69 Å². The van der Waals surface area contributed by atoms with Crippen molar-refractivity contribution in [1.29, 1.82) is 0 Å². The molecule has 2 heterocycles. The number of benzene rings is 2. The summed E-state index contributed by atoms with van der Waals surface area (Å²) in [6.07, 6.45) is -17.4. The van der Waals surface area contributed by atoms with Crippen LogP contribution in [0.5, 0.6) is 5.88 Å². The highest BCUT2D eigenvalue weighted by atomic mass is 19.4. The number of carbonyl (C=O) groups excluding carboxylic acids is 2. The van der Waals surface area contributed by atoms with Gasteiger partial charge in [-0.1, -0.05) is 0 Å². The highest BCUT2D eigenvalue weighted by molar-refractivity contribution is 5.95. The number of rotatable bonds is 6. The molecule has 0 saturated heterocycles. The minimum Gasteiger partial charge on any atom is -0.481 e. The second-order valence-electron chi connectivity index (χ2n) is 11.2. The summed E-state index contributed by atoms with van der Waals surface area (Å²) in [4.78, 5) is 33.3. The molecule has 0 N–H and O–H groups in total. The van der Waals surface area contributed by atoms with Crippen LogP contribution in [0.3, 0.4) is 0 Å². The third kappa shape index (κ3) is 7.93. The van der Waals surface area contributed by atoms with Gasteiger partial charge in [-0.15, -0.1) is 0 Å². The Morgan fingerprint density at radius 2 is 1.46 bits per heavy atom. The van der Waals surface area contributed by atoms with Crippen molar-refractivity contribution < 1.29 is 63.0 Å². The zero-order valence-electron chi connectivity index (χ0n) is 25.5. The number of nitrogens with zero attached hydrogens (tertiary/aromatic N) is 3. The van der Waals surface area contributed by atoms with E-state index in [0.29, 0.717) is 29.2 Å². The molecular weight excluding hydrogens is 668 g/mol. The summed E-state index contributed by atoms with van der Waals surface area (Å²) in [5.41, 5.74) is -6.70. The molecule has 1 aliphatic heterocycles. The average molecular weight is 696 g/mol. The average Bonchev–Trinajstić information content (AvgIpc) is 2.96. The number of hydrogen-bond donors (Lipinski definition) is 0. The predicted molar refractivity (Wildman–Crippen MR) is 149 cm³/mol. The number of methoxy groups -OCH3 is 1. The number of ether oxygens (including phenoxy) is 2. The van der Waals surface area contributed by atoms with Crippen LogP contribution in [-0.4, -0.2) is 41.1 Å². The first-order valence-electron chi connectivity index (χ1n) is 14.1. The maximum atomic E-state index is 14.5. The molecule has 7 nitrogen and oxygen atoms in total. The van der Waals surface area contributed by atoms with Gasteiger partial charge < -0.3 is 14.4 Å². The van der Waals surface area contributed by atoms with Gasteiger partial charge in [0.2, 0.25) is 5.88 Å². The van der Waals surface area contributed by atoms with Crippen molar-refractivity contribution in [3.05, 3.63) is 87.9 Å². The van der Waals surface area contributed by atoms with Gasteiger partial charge in [0.25, 0.3) is 5.91 Å². The standard InChI is InChI=1S/C31H27F10N3O4/c1-15(2)48-28(46)44-16(3)7-24(26-23(44)5-6-25(42-26)47-4)43(27(45)18-10-21(31(39,40)41)13-22(32)11-18)14-17-8-19(29(33,34)35)12-20(9-17)30(36,37)38/h5-6,8-13,15-16,24H,7,14H2,1-4H3. The summed E-state index contributed by atoms with van der Waals surface area (Å²) in [5, 5.41) is 0. The van der Waals surface area contributed by atoms with E-state index in [9.17, 15) is 53.5 Å². The number of alkyl halides is 9. The molecule has 2 unspecified atom stereocenters. The molecule has 2 amide bonds. The van der Waals surface area contributed by atoms with Gasteiger partial charge in [-0.2, -0.15) is 39.5 Å². The smallest absolute Gasteiger partial charge is 0.416 e. The Hall–Kier alpha value is -4.57. The monoisotopic (exact) mass is 695 g/mol. The summed E-state index contributed by atoms with van der Waals surface area (Å²) in [7, 11) is 1.22. The van der Waals surface area contributed by atoms with E-state index in [4.69, 9.17) is 9.47 Å². The Morgan fingerprint density at radius 3 is 1.98 bits per heavy atom. The van der Waals surface area contributed by atoms with Gasteiger partial charge in [0.15, 0.2) is 0 Å². The SMILES string of the molecule is COc1ccc2c(n1)C(N(Cc1cc(C(F)(F)F)cc(C(F)(F)F)c1)C(=O)c1cc(F)cc(C(F)(F)F)c1)CC(C)N2C(=O)OC(C)C. The van der Waals surface area contributed by atoms with Crippen molar-refractivity contribution >= 4 is 17.7 Å². The molecule has 0 spiro atoms. The van der Waals surface area contributed by atoms with Crippen LogP contribution < -0.4 is 9.64 Å². The summed E-state index contributed by atoms with van der Waals surface area (Å²) in [6, 6.07) is 1.89. The van der Waals surface area contributed by atoms with Gasteiger partial charge in [-0.25, -0.2) is 14.2 Å². The van der Waals surface area contributed by atoms with E-state index in [1.807, 2.05) is 0 Å². The third-order valence-electron chi connectivity index (χ3n) is 7.31. The van der Waals surface area contributed by atoms with E-state index < -0.39 is 88.9 Å². The zero-order valence-corrected chi connectivity index (χ0v) is 25.5. The van der Waals surface area contributed by atoms with Gasteiger partial charge >= 0.3 is 24.6 Å². The number of carbonyl (C=O) groups is 2. The molecule has 0 radical (unpaired) electrons. The van der Waals surface area contributed by atoms with E-state index in [0.717, 1.165) is 4.90 Å². The Bertz CT molecular complexity index is 1660. The molecule has 0 aliphatic carbocycles. The first-order chi connectivity index (χ1) is 22.1. The summed E-state index contributed by atoms with van der Waals surface area (Å²) in [5.74, 6) is -2.94. The highest BCUT2D eigenvalue weighted by Crippen LogP contribution is 2.43. The molecule has 0 saturated carbocycles. The largest absolute Gasteiger partial charge is 0.481 e. The van der Waals surface area contributed by atoms with E-state index in [1.165, 1.54) is 26.2 Å². The topological polar surface area (TPSA) is 72.0 Å². The quantitative estimate of drug-likeness (QED) is 0.241. The minimum absolute atomic E-state index is 0.0123. The second-order valence-corrected chi connectivity index (χ2v) is 11.2. The number of anilines is 1. The molecule has 4 rings (SSSR count). The number of halogens is 10. The molecule has 1 aliphatic rings. The fraction of sp³-hybridized carbons (Fsp3) is 0.387. The van der Waals surface area contributed by atoms with Crippen LogP contribution in [0.15, 0.2) is 48.5 Å². The summed E-state index contributed by atoms with van der Waals surface area (Å²) >= 11 is 0. The van der Waals surface area contributed by atoms with Gasteiger partial charge in [0.05, 0.1) is 47.3 Å². The van der Waals surface area contributed by atoms with Gasteiger partial charge in [-0.05, 0) is 75.2 Å². The molecule has 3 aromatic rings. The maximum Gasteiger partial charge on any atom is 0.416 e. The third-order valence-corrected chi connectivity index (χ3v) is 7.31. The van der Waals surface area contributed by atoms with Crippen LogP contribution in [0.25, 0.3) is 0 Å². The molecule has 0 fully saturated rings. The lowest BCUT2D eigenvalue weighted by Gasteiger charge is -2.42. The van der Waals surface area contributed by atoms with Crippen molar-refractivity contribution in [2.45, 2.75) is 70.5 Å². The number of fused-ring (bicyclic) bond motifs is 1. The number of pyridine rings is 1. The molecule has 2 aromatic carbocycles. The fourth-order valence-electron chi connectivity index (χ4n) is 5.27. The lowest BCUT2D eigenvalue weighted by Crippen LogP contribution is -2.48. The lowest BCUT2D eigenvalue weighted by atomic mass is 9.93. The molecule has 0 bridgehead atoms.